The van der Waals surface area contributed by atoms with Gasteiger partial charge in [0.1, 0.15) is 11.0 Å². The molecule has 2 rings (SSSR count). The quantitative estimate of drug-likeness (QED) is 0.854. The highest BCUT2D eigenvalue weighted by Crippen LogP contribution is 2.23. The Kier molecular flexibility index (Phi) is 3.49. The largest absolute Gasteiger partial charge is 0.269 e. The summed E-state index contributed by atoms with van der Waals surface area (Å²) in [5.74, 6) is 0. The van der Waals surface area contributed by atoms with E-state index in [-0.39, 0.29) is 10.5 Å². The summed E-state index contributed by atoms with van der Waals surface area (Å²) in [5, 5.41) is 8.99. The van der Waals surface area contributed by atoms with Crippen molar-refractivity contribution in [3.63, 3.8) is 0 Å². The van der Waals surface area contributed by atoms with Gasteiger partial charge < -0.3 is 0 Å². The summed E-state index contributed by atoms with van der Waals surface area (Å²) in [4.78, 5) is 3.84. The van der Waals surface area contributed by atoms with E-state index in [0.717, 1.165) is 4.31 Å². The summed E-state index contributed by atoms with van der Waals surface area (Å²) in [6, 6.07) is 11.2. The minimum Gasteiger partial charge on any atom is -0.269 e. The van der Waals surface area contributed by atoms with Crippen LogP contribution < -0.4 is 4.31 Å². The van der Waals surface area contributed by atoms with Gasteiger partial charge in [0.05, 0.1) is 11.3 Å². The van der Waals surface area contributed by atoms with Crippen LogP contribution in [0.3, 0.4) is 0 Å². The maximum atomic E-state index is 12.5. The molecule has 0 radical (unpaired) electrons. The zero-order chi connectivity index (χ0) is 13.9. The zero-order valence-electron chi connectivity index (χ0n) is 10.2. The maximum Gasteiger partial charge on any atom is 0.265 e. The molecule has 0 aliphatic heterocycles. The van der Waals surface area contributed by atoms with Crippen LogP contribution in [0, 0.1) is 11.3 Å². The molecule has 0 atom stereocenters. The number of hydrogen-bond donors (Lipinski definition) is 0. The van der Waals surface area contributed by atoms with Crippen LogP contribution in [0.1, 0.15) is 5.56 Å². The van der Waals surface area contributed by atoms with E-state index in [2.05, 4.69) is 4.98 Å². The molecule has 1 aromatic carbocycles. The Morgan fingerprint density at radius 1 is 1.16 bits per heavy atom. The topological polar surface area (TPSA) is 74.1 Å². The second-order valence-electron chi connectivity index (χ2n) is 3.79. The summed E-state index contributed by atoms with van der Waals surface area (Å²) >= 11 is 0. The van der Waals surface area contributed by atoms with E-state index in [0.29, 0.717) is 5.69 Å². The maximum absolute atomic E-state index is 12.5. The molecule has 1 aromatic heterocycles. The standard InChI is InChI=1S/C13H11N3O2S/c1-16(12-6-8-15-9-7-12)19(17,18)13-5-3-2-4-11(13)10-14/h2-9H,1H3. The van der Waals surface area contributed by atoms with Crippen LogP contribution in [-0.2, 0) is 10.0 Å². The number of nitriles is 1. The molecule has 0 spiro atoms. The van der Waals surface area contributed by atoms with Crippen LogP contribution in [0.15, 0.2) is 53.7 Å². The first-order valence-electron chi connectivity index (χ1n) is 5.45. The van der Waals surface area contributed by atoms with Crippen LogP contribution in [0.25, 0.3) is 0 Å². The lowest BCUT2D eigenvalue weighted by molar-refractivity contribution is 0.594. The molecule has 2 aromatic rings. The molecule has 0 fully saturated rings. The number of pyridine rings is 1. The van der Waals surface area contributed by atoms with Crippen LogP contribution in [0.5, 0.6) is 0 Å². The van der Waals surface area contributed by atoms with Gasteiger partial charge in [0, 0.05) is 19.4 Å². The average Bonchev–Trinajstić information content (AvgIpc) is 2.47. The number of benzene rings is 1. The van der Waals surface area contributed by atoms with E-state index in [4.69, 9.17) is 5.26 Å². The van der Waals surface area contributed by atoms with Crippen molar-refractivity contribution in [1.29, 1.82) is 5.26 Å². The number of hydrogen-bond acceptors (Lipinski definition) is 4. The lowest BCUT2D eigenvalue weighted by atomic mass is 10.2. The van der Waals surface area contributed by atoms with E-state index in [9.17, 15) is 8.42 Å². The van der Waals surface area contributed by atoms with E-state index < -0.39 is 10.0 Å². The van der Waals surface area contributed by atoms with Gasteiger partial charge in [-0.2, -0.15) is 5.26 Å². The SMILES string of the molecule is CN(c1ccncc1)S(=O)(=O)c1ccccc1C#N. The zero-order valence-corrected chi connectivity index (χ0v) is 11.0. The van der Waals surface area contributed by atoms with Gasteiger partial charge in [-0.1, -0.05) is 12.1 Å². The summed E-state index contributed by atoms with van der Waals surface area (Å²) in [5.41, 5.74) is 0.617. The highest BCUT2D eigenvalue weighted by Gasteiger charge is 2.23. The molecule has 19 heavy (non-hydrogen) atoms. The fourth-order valence-corrected chi connectivity index (χ4v) is 2.96. The van der Waals surface area contributed by atoms with Gasteiger partial charge in [0.2, 0.25) is 0 Å². The molecule has 0 N–H and O–H groups in total. The number of aromatic nitrogens is 1. The van der Waals surface area contributed by atoms with Crippen molar-refractivity contribution in [3.05, 3.63) is 54.4 Å². The Hall–Kier alpha value is -2.39. The van der Waals surface area contributed by atoms with Crippen LogP contribution in [-0.4, -0.2) is 20.4 Å². The third-order valence-electron chi connectivity index (χ3n) is 2.67. The number of sulfonamides is 1. The number of rotatable bonds is 3. The molecule has 0 amide bonds. The summed E-state index contributed by atoms with van der Waals surface area (Å²) in [6.45, 7) is 0. The van der Waals surface area contributed by atoms with Crippen molar-refractivity contribution in [1.82, 2.24) is 4.98 Å². The fourth-order valence-electron chi connectivity index (χ4n) is 1.62. The lowest BCUT2D eigenvalue weighted by Gasteiger charge is -2.19. The molecule has 5 nitrogen and oxygen atoms in total. The van der Waals surface area contributed by atoms with Gasteiger partial charge in [-0.25, -0.2) is 8.42 Å². The molecule has 1 heterocycles. The molecular formula is C13H11N3O2S. The van der Waals surface area contributed by atoms with E-state index in [1.165, 1.54) is 31.6 Å². The Morgan fingerprint density at radius 3 is 2.42 bits per heavy atom. The third kappa shape index (κ3) is 2.41. The summed E-state index contributed by atoms with van der Waals surface area (Å²) in [6.07, 6.45) is 3.02. The third-order valence-corrected chi connectivity index (χ3v) is 4.52. The highest BCUT2D eigenvalue weighted by atomic mass is 32.2. The van der Waals surface area contributed by atoms with Crippen molar-refractivity contribution in [2.45, 2.75) is 4.90 Å². The Balaban J connectivity index is 2.52. The molecule has 0 bridgehead atoms. The Labute approximate surface area is 111 Å². The molecule has 0 aliphatic rings. The van der Waals surface area contributed by atoms with E-state index >= 15 is 0 Å². The monoisotopic (exact) mass is 273 g/mol. The smallest absolute Gasteiger partial charge is 0.265 e. The van der Waals surface area contributed by atoms with Crippen molar-refractivity contribution >= 4 is 15.7 Å². The minimum absolute atomic E-state index is 0.00295. The normalized spacial score (nSPS) is 10.7. The predicted molar refractivity (Wildman–Crippen MR) is 71.0 cm³/mol. The molecule has 6 heteroatoms. The summed E-state index contributed by atoms with van der Waals surface area (Å²) in [7, 11) is -2.31. The first-order chi connectivity index (χ1) is 9.07. The van der Waals surface area contributed by atoms with E-state index in [1.807, 2.05) is 6.07 Å². The number of anilines is 1. The highest BCUT2D eigenvalue weighted by molar-refractivity contribution is 7.92. The number of nitrogens with zero attached hydrogens (tertiary/aromatic N) is 3. The van der Waals surface area contributed by atoms with Gasteiger partial charge >= 0.3 is 0 Å². The molecule has 0 aliphatic carbocycles. The van der Waals surface area contributed by atoms with Crippen LogP contribution in [0.4, 0.5) is 5.69 Å². The van der Waals surface area contributed by atoms with Crippen molar-refractivity contribution in [2.24, 2.45) is 0 Å². The molecule has 0 saturated carbocycles. The van der Waals surface area contributed by atoms with Gasteiger partial charge in [0.15, 0.2) is 0 Å². The Morgan fingerprint density at radius 2 is 1.79 bits per heavy atom. The first kappa shape index (κ1) is 13.1. The first-order valence-corrected chi connectivity index (χ1v) is 6.89. The van der Waals surface area contributed by atoms with Crippen LogP contribution in [0.2, 0.25) is 0 Å². The van der Waals surface area contributed by atoms with Crippen LogP contribution >= 0.6 is 0 Å². The van der Waals surface area contributed by atoms with Gasteiger partial charge in [-0.05, 0) is 24.3 Å². The van der Waals surface area contributed by atoms with Gasteiger partial charge in [-0.15, -0.1) is 0 Å². The lowest BCUT2D eigenvalue weighted by Crippen LogP contribution is -2.27. The summed E-state index contributed by atoms with van der Waals surface area (Å²) < 4.78 is 26.1. The minimum atomic E-state index is -3.75. The molecule has 0 saturated heterocycles. The fraction of sp³-hybridized carbons (Fsp3) is 0.0769. The second-order valence-corrected chi connectivity index (χ2v) is 5.72. The second kappa shape index (κ2) is 5.08. The van der Waals surface area contributed by atoms with Crippen molar-refractivity contribution in [2.75, 3.05) is 11.4 Å². The van der Waals surface area contributed by atoms with Crippen molar-refractivity contribution < 1.29 is 8.42 Å². The molecule has 96 valence electrons. The van der Waals surface area contributed by atoms with Gasteiger partial charge in [0.25, 0.3) is 10.0 Å². The van der Waals surface area contributed by atoms with E-state index in [1.54, 1.807) is 24.3 Å². The van der Waals surface area contributed by atoms with Gasteiger partial charge in [-0.3, -0.25) is 9.29 Å². The van der Waals surface area contributed by atoms with Crippen molar-refractivity contribution in [3.8, 4) is 6.07 Å². The molecular weight excluding hydrogens is 262 g/mol. The predicted octanol–water partition coefficient (Wildman–Crippen LogP) is 1.78. The average molecular weight is 273 g/mol. The Bertz CT molecular complexity index is 721. The molecule has 0 unspecified atom stereocenters.